The van der Waals surface area contributed by atoms with Crippen molar-refractivity contribution in [2.45, 2.75) is 39.8 Å². The molecule has 0 aliphatic rings. The Morgan fingerprint density at radius 2 is 1.63 bits per heavy atom. The van der Waals surface area contributed by atoms with Gasteiger partial charge >= 0.3 is 0 Å². The number of carbonyl (C=O) groups excluding carboxylic acids is 1. The molecular formula is C15H22N2O2. The maximum Gasteiger partial charge on any atom is 0.295 e. The van der Waals surface area contributed by atoms with Gasteiger partial charge in [0.1, 0.15) is 0 Å². The molecule has 19 heavy (non-hydrogen) atoms. The summed E-state index contributed by atoms with van der Waals surface area (Å²) in [6, 6.07) is 9.77. The first-order chi connectivity index (χ1) is 8.97. The van der Waals surface area contributed by atoms with Gasteiger partial charge in [0.05, 0.1) is 7.11 Å². The molecule has 0 heterocycles. The monoisotopic (exact) mass is 262 g/mol. The highest BCUT2D eigenvalue weighted by Crippen LogP contribution is 2.09. The summed E-state index contributed by atoms with van der Waals surface area (Å²) in [5.41, 5.74) is 0.560. The molecule has 4 nitrogen and oxygen atoms in total. The van der Waals surface area contributed by atoms with Gasteiger partial charge in [0.2, 0.25) is 0 Å². The van der Waals surface area contributed by atoms with Crippen LogP contribution in [0, 0.1) is 0 Å². The minimum atomic E-state index is -0.288. The van der Waals surface area contributed by atoms with Crippen LogP contribution >= 0.6 is 0 Å². The highest BCUT2D eigenvalue weighted by molar-refractivity contribution is 6.01. The predicted molar refractivity (Wildman–Crippen MR) is 77.3 cm³/mol. The van der Waals surface area contributed by atoms with Crippen molar-refractivity contribution in [3.05, 3.63) is 35.9 Å². The second kappa shape index (κ2) is 6.92. The lowest BCUT2D eigenvalue weighted by molar-refractivity contribution is 0.0993. The molecule has 0 fully saturated rings. The number of hydrogen-bond acceptors (Lipinski definition) is 2. The van der Waals surface area contributed by atoms with Crippen LogP contribution in [0.5, 0.6) is 0 Å². The summed E-state index contributed by atoms with van der Waals surface area (Å²) < 4.78 is 5.28. The van der Waals surface area contributed by atoms with Crippen LogP contribution in [0.2, 0.25) is 0 Å². The number of aliphatic imine (C=N–C) groups is 1. The highest BCUT2D eigenvalue weighted by atomic mass is 16.5. The molecule has 1 amide bonds. The molecule has 0 saturated carbocycles. The molecule has 104 valence electrons. The largest absolute Gasteiger partial charge is 0.468 e. The van der Waals surface area contributed by atoms with Gasteiger partial charge in [0.25, 0.3) is 11.9 Å². The number of hydrogen-bond donors (Lipinski definition) is 0. The minimum Gasteiger partial charge on any atom is -0.468 e. The van der Waals surface area contributed by atoms with E-state index in [1.165, 1.54) is 7.11 Å². The van der Waals surface area contributed by atoms with Gasteiger partial charge in [-0.1, -0.05) is 18.2 Å². The molecule has 0 saturated heterocycles. The van der Waals surface area contributed by atoms with E-state index in [4.69, 9.17) is 4.74 Å². The van der Waals surface area contributed by atoms with E-state index in [2.05, 4.69) is 4.99 Å². The molecule has 1 aromatic carbocycles. The lowest BCUT2D eigenvalue weighted by Crippen LogP contribution is -2.43. The summed E-state index contributed by atoms with van der Waals surface area (Å²) >= 11 is 0. The van der Waals surface area contributed by atoms with Gasteiger partial charge in [-0.05, 0) is 39.8 Å². The average Bonchev–Trinajstić information content (AvgIpc) is 2.37. The van der Waals surface area contributed by atoms with E-state index in [-0.39, 0.29) is 18.0 Å². The zero-order chi connectivity index (χ0) is 14.4. The van der Waals surface area contributed by atoms with Gasteiger partial charge in [0.15, 0.2) is 0 Å². The molecule has 0 atom stereocenters. The Morgan fingerprint density at radius 3 is 2.05 bits per heavy atom. The predicted octanol–water partition coefficient (Wildman–Crippen LogP) is 2.95. The van der Waals surface area contributed by atoms with Crippen molar-refractivity contribution in [3.8, 4) is 0 Å². The molecule has 4 heteroatoms. The zero-order valence-electron chi connectivity index (χ0n) is 12.3. The highest BCUT2D eigenvalue weighted by Gasteiger charge is 2.20. The van der Waals surface area contributed by atoms with E-state index in [1.807, 2.05) is 50.8 Å². The minimum absolute atomic E-state index is 0.210. The lowest BCUT2D eigenvalue weighted by atomic mass is 10.2. The van der Waals surface area contributed by atoms with Crippen LogP contribution in [0.3, 0.4) is 0 Å². The van der Waals surface area contributed by atoms with E-state index >= 15 is 0 Å². The molecule has 1 aromatic rings. The lowest BCUT2D eigenvalue weighted by Gasteiger charge is -2.31. The van der Waals surface area contributed by atoms with E-state index < -0.39 is 0 Å². The first-order valence-corrected chi connectivity index (χ1v) is 6.47. The van der Waals surface area contributed by atoms with Crippen molar-refractivity contribution >= 4 is 11.9 Å². The molecule has 0 aliphatic carbocycles. The molecule has 0 aliphatic heterocycles. The fourth-order valence-electron chi connectivity index (χ4n) is 1.98. The quantitative estimate of drug-likeness (QED) is 0.621. The van der Waals surface area contributed by atoms with Crippen LogP contribution in [0.25, 0.3) is 0 Å². The van der Waals surface area contributed by atoms with Crippen LogP contribution < -0.4 is 0 Å². The number of benzene rings is 1. The third-order valence-corrected chi connectivity index (χ3v) is 2.73. The molecule has 0 unspecified atom stereocenters. The second-order valence-corrected chi connectivity index (χ2v) is 4.86. The number of amidine groups is 1. The number of nitrogens with zero attached hydrogens (tertiary/aromatic N) is 2. The first kappa shape index (κ1) is 15.2. The van der Waals surface area contributed by atoms with E-state index in [0.29, 0.717) is 11.6 Å². The van der Waals surface area contributed by atoms with Gasteiger partial charge in [-0.25, -0.2) is 0 Å². The van der Waals surface area contributed by atoms with Crippen LogP contribution in [0.4, 0.5) is 0 Å². The molecule has 0 radical (unpaired) electrons. The molecular weight excluding hydrogens is 240 g/mol. The number of methoxy groups -OCH3 is 1. The summed E-state index contributed by atoms with van der Waals surface area (Å²) in [7, 11) is 1.54. The Morgan fingerprint density at radius 1 is 1.11 bits per heavy atom. The summed E-state index contributed by atoms with van der Waals surface area (Å²) in [6.45, 7) is 8.17. The van der Waals surface area contributed by atoms with Gasteiger partial charge in [-0.15, -0.1) is 0 Å². The Balaban J connectivity index is 3.02. The Hall–Kier alpha value is -1.84. The standard InChI is InChI=1S/C15H22N2O2/c1-11(2)17(12(3)4)15(19-5)16-14(18)13-9-7-6-8-10-13/h6-12H,1-5H3. The van der Waals surface area contributed by atoms with Crippen LogP contribution in [-0.2, 0) is 4.74 Å². The van der Waals surface area contributed by atoms with Crippen molar-refractivity contribution in [1.29, 1.82) is 0 Å². The molecule has 0 N–H and O–H groups in total. The summed E-state index contributed by atoms with van der Waals surface area (Å²) in [4.78, 5) is 18.1. The van der Waals surface area contributed by atoms with E-state index in [1.54, 1.807) is 12.1 Å². The number of rotatable bonds is 3. The fourth-order valence-corrected chi connectivity index (χ4v) is 1.98. The number of carbonyl (C=O) groups is 1. The molecule has 1 rings (SSSR count). The zero-order valence-corrected chi connectivity index (χ0v) is 12.3. The van der Waals surface area contributed by atoms with Gasteiger partial charge in [0, 0.05) is 17.6 Å². The topological polar surface area (TPSA) is 41.9 Å². The smallest absolute Gasteiger partial charge is 0.295 e. The maximum atomic E-state index is 12.1. The molecule has 0 spiro atoms. The fraction of sp³-hybridized carbons (Fsp3) is 0.467. The maximum absolute atomic E-state index is 12.1. The Kier molecular flexibility index (Phi) is 5.55. The molecule has 0 aromatic heterocycles. The summed E-state index contributed by atoms with van der Waals surface area (Å²) in [5.74, 6) is -0.288. The second-order valence-electron chi connectivity index (χ2n) is 4.86. The van der Waals surface area contributed by atoms with Crippen LogP contribution in [-0.4, -0.2) is 36.0 Å². The van der Waals surface area contributed by atoms with E-state index in [0.717, 1.165) is 0 Å². The third-order valence-electron chi connectivity index (χ3n) is 2.73. The van der Waals surface area contributed by atoms with Crippen molar-refractivity contribution in [1.82, 2.24) is 4.90 Å². The van der Waals surface area contributed by atoms with Crippen LogP contribution in [0.15, 0.2) is 35.3 Å². The van der Waals surface area contributed by atoms with Crippen molar-refractivity contribution in [2.75, 3.05) is 7.11 Å². The van der Waals surface area contributed by atoms with Crippen molar-refractivity contribution in [3.63, 3.8) is 0 Å². The van der Waals surface area contributed by atoms with Gasteiger partial charge in [-0.3, -0.25) is 4.79 Å². The SMILES string of the molecule is COC(=NC(=O)c1ccccc1)N(C(C)C)C(C)C. The number of ether oxygens (including phenoxy) is 1. The van der Waals surface area contributed by atoms with Crippen molar-refractivity contribution in [2.24, 2.45) is 4.99 Å². The van der Waals surface area contributed by atoms with Gasteiger partial charge in [-0.2, -0.15) is 4.99 Å². The third kappa shape index (κ3) is 4.09. The average molecular weight is 262 g/mol. The van der Waals surface area contributed by atoms with Gasteiger partial charge < -0.3 is 9.64 Å². The summed E-state index contributed by atoms with van der Waals surface area (Å²) in [5, 5.41) is 0. The summed E-state index contributed by atoms with van der Waals surface area (Å²) in [6.07, 6.45) is 0. The van der Waals surface area contributed by atoms with Crippen LogP contribution in [0.1, 0.15) is 38.1 Å². The van der Waals surface area contributed by atoms with E-state index in [9.17, 15) is 4.79 Å². The number of amides is 1. The normalized spacial score (nSPS) is 11.8. The van der Waals surface area contributed by atoms with Crippen molar-refractivity contribution < 1.29 is 9.53 Å². The Bertz CT molecular complexity index is 431. The Labute approximate surface area is 115 Å². The molecule has 0 bridgehead atoms. The first-order valence-electron chi connectivity index (χ1n) is 6.47.